The zero-order valence-electron chi connectivity index (χ0n) is 20.0. The molecule has 34 heavy (non-hydrogen) atoms. The molecule has 0 spiro atoms. The Morgan fingerprint density at radius 2 is 2.00 bits per heavy atom. The summed E-state index contributed by atoms with van der Waals surface area (Å²) in [5.41, 5.74) is 3.02. The van der Waals surface area contributed by atoms with Gasteiger partial charge in [-0.15, -0.1) is 0 Å². The van der Waals surface area contributed by atoms with E-state index >= 15 is 0 Å². The summed E-state index contributed by atoms with van der Waals surface area (Å²) in [5.74, 6) is 2.23. The smallest absolute Gasteiger partial charge is 0.204 e. The molecule has 0 aromatic heterocycles. The average molecular weight is 462 g/mol. The number of allylic oxidation sites excluding steroid dienone is 1. The topological polar surface area (TPSA) is 51.2 Å². The van der Waals surface area contributed by atoms with Gasteiger partial charge in [0.2, 0.25) is 5.75 Å². The molecule has 2 aromatic carbocycles. The number of aryl methyl sites for hydroxylation is 1. The highest BCUT2D eigenvalue weighted by Gasteiger charge is 2.49. The van der Waals surface area contributed by atoms with Crippen LogP contribution in [0.3, 0.4) is 0 Å². The van der Waals surface area contributed by atoms with Gasteiger partial charge in [0.25, 0.3) is 0 Å². The summed E-state index contributed by atoms with van der Waals surface area (Å²) in [5, 5.41) is 11.8. The van der Waals surface area contributed by atoms with Crippen LogP contribution in [0.2, 0.25) is 0 Å². The summed E-state index contributed by atoms with van der Waals surface area (Å²) in [6, 6.07) is 13.2. The molecule has 5 nitrogen and oxygen atoms in total. The summed E-state index contributed by atoms with van der Waals surface area (Å²) in [6.45, 7) is 3.93. The maximum absolute atomic E-state index is 11.8. The van der Waals surface area contributed by atoms with E-state index < -0.39 is 5.60 Å². The summed E-state index contributed by atoms with van der Waals surface area (Å²) < 4.78 is 18.2. The van der Waals surface area contributed by atoms with Crippen molar-refractivity contribution in [1.29, 1.82) is 0 Å². The fraction of sp³-hybridized carbons (Fsp3) is 0.517. The van der Waals surface area contributed by atoms with Gasteiger partial charge in [-0.3, -0.25) is 4.90 Å². The summed E-state index contributed by atoms with van der Waals surface area (Å²) in [7, 11) is 0. The third-order valence-corrected chi connectivity index (χ3v) is 8.08. The van der Waals surface area contributed by atoms with Crippen molar-refractivity contribution < 1.29 is 19.3 Å². The Morgan fingerprint density at radius 1 is 1.15 bits per heavy atom. The molecule has 2 bridgehead atoms. The SMILES string of the molecule is CCOc1cccc2c1O[C@@H](CN1C3CCC1CC(O)(c1ccc4c(c1)C=CCCC4)C3)CO2. The average Bonchev–Trinajstić information content (AvgIpc) is 3.02. The number of fused-ring (bicyclic) bond motifs is 4. The lowest BCUT2D eigenvalue weighted by Crippen LogP contribution is -2.53. The largest absolute Gasteiger partial charge is 0.490 e. The van der Waals surface area contributed by atoms with Gasteiger partial charge in [-0.25, -0.2) is 0 Å². The Kier molecular flexibility index (Phi) is 5.78. The molecule has 3 aliphatic heterocycles. The highest BCUT2D eigenvalue weighted by molar-refractivity contribution is 5.57. The lowest BCUT2D eigenvalue weighted by molar-refractivity contribution is -0.0689. The van der Waals surface area contributed by atoms with Crippen LogP contribution < -0.4 is 14.2 Å². The molecule has 2 unspecified atom stereocenters. The van der Waals surface area contributed by atoms with Crippen LogP contribution in [0, 0.1) is 0 Å². The van der Waals surface area contributed by atoms with Gasteiger partial charge in [0, 0.05) is 18.6 Å². The van der Waals surface area contributed by atoms with Crippen LogP contribution >= 0.6 is 0 Å². The van der Waals surface area contributed by atoms with E-state index in [-0.39, 0.29) is 6.10 Å². The number of hydrogen-bond acceptors (Lipinski definition) is 5. The third-order valence-electron chi connectivity index (χ3n) is 8.08. The standard InChI is InChI=1S/C29H35NO4/c1-2-32-26-9-6-10-27-28(26)34-25(19-33-27)18-30-23-13-14-24(30)17-29(31,16-23)22-12-11-20-7-4-3-5-8-21(20)15-22/h5-6,8-12,15,23-25,31H,2-4,7,13-14,16-19H2,1H3/t23?,24?,25-,29?/m0/s1. The molecule has 0 radical (unpaired) electrons. The second-order valence-electron chi connectivity index (χ2n) is 10.3. The number of piperidine rings is 1. The maximum Gasteiger partial charge on any atom is 0.204 e. The van der Waals surface area contributed by atoms with Crippen molar-refractivity contribution in [2.75, 3.05) is 19.8 Å². The Hall–Kier alpha value is -2.50. The van der Waals surface area contributed by atoms with Gasteiger partial charge in [0.05, 0.1) is 12.2 Å². The second-order valence-corrected chi connectivity index (χ2v) is 10.3. The van der Waals surface area contributed by atoms with Gasteiger partial charge in [0.15, 0.2) is 11.5 Å². The summed E-state index contributed by atoms with van der Waals surface area (Å²) >= 11 is 0. The molecule has 2 aromatic rings. The van der Waals surface area contributed by atoms with Crippen LogP contribution in [-0.2, 0) is 12.0 Å². The highest BCUT2D eigenvalue weighted by Crippen LogP contribution is 2.47. The summed E-state index contributed by atoms with van der Waals surface area (Å²) in [4.78, 5) is 2.57. The molecule has 0 amide bonds. The molecule has 3 atom stereocenters. The van der Waals surface area contributed by atoms with Crippen molar-refractivity contribution in [2.24, 2.45) is 0 Å². The zero-order chi connectivity index (χ0) is 23.1. The molecular formula is C29H35NO4. The lowest BCUT2D eigenvalue weighted by Gasteiger charge is -2.45. The Balaban J connectivity index is 1.17. The molecule has 4 aliphatic rings. The predicted octanol–water partition coefficient (Wildman–Crippen LogP) is 5.09. The Morgan fingerprint density at radius 3 is 2.82 bits per heavy atom. The van der Waals surface area contributed by atoms with Gasteiger partial charge < -0.3 is 19.3 Å². The molecule has 6 rings (SSSR count). The van der Waals surface area contributed by atoms with Crippen LogP contribution in [-0.4, -0.2) is 48.0 Å². The number of hydrogen-bond donors (Lipinski definition) is 1. The van der Waals surface area contributed by atoms with Crippen molar-refractivity contribution in [3.63, 3.8) is 0 Å². The first-order chi connectivity index (χ1) is 16.6. The molecule has 2 fully saturated rings. The molecular weight excluding hydrogens is 426 g/mol. The van der Waals surface area contributed by atoms with E-state index in [1.807, 2.05) is 25.1 Å². The molecule has 2 saturated heterocycles. The van der Waals surface area contributed by atoms with E-state index in [0.717, 1.165) is 67.9 Å². The van der Waals surface area contributed by atoms with Gasteiger partial charge in [0.1, 0.15) is 12.7 Å². The van der Waals surface area contributed by atoms with Crippen molar-refractivity contribution in [1.82, 2.24) is 4.90 Å². The third kappa shape index (κ3) is 3.99. The van der Waals surface area contributed by atoms with Crippen LogP contribution in [0.1, 0.15) is 62.1 Å². The van der Waals surface area contributed by atoms with Gasteiger partial charge in [-0.1, -0.05) is 30.4 Å². The molecule has 0 saturated carbocycles. The minimum Gasteiger partial charge on any atom is -0.490 e. The van der Waals surface area contributed by atoms with Crippen LogP contribution in [0.25, 0.3) is 6.08 Å². The number of para-hydroxylation sites is 1. The van der Waals surface area contributed by atoms with Gasteiger partial charge >= 0.3 is 0 Å². The first kappa shape index (κ1) is 22.0. The van der Waals surface area contributed by atoms with Crippen molar-refractivity contribution in [3.8, 4) is 17.2 Å². The van der Waals surface area contributed by atoms with Crippen molar-refractivity contribution in [3.05, 3.63) is 59.2 Å². The minimum atomic E-state index is -0.754. The first-order valence-electron chi connectivity index (χ1n) is 13.0. The van der Waals surface area contributed by atoms with Crippen LogP contribution in [0.15, 0.2) is 42.5 Å². The van der Waals surface area contributed by atoms with E-state index in [4.69, 9.17) is 14.2 Å². The molecule has 1 N–H and O–H groups in total. The van der Waals surface area contributed by atoms with E-state index in [1.54, 1.807) is 0 Å². The molecule has 180 valence electrons. The second kappa shape index (κ2) is 8.94. The summed E-state index contributed by atoms with van der Waals surface area (Å²) in [6.07, 6.45) is 11.8. The quantitative estimate of drug-likeness (QED) is 0.672. The van der Waals surface area contributed by atoms with Gasteiger partial charge in [-0.05, 0) is 86.8 Å². The van der Waals surface area contributed by atoms with Crippen molar-refractivity contribution >= 4 is 6.08 Å². The fourth-order valence-corrected chi connectivity index (χ4v) is 6.44. The minimum absolute atomic E-state index is 0.0407. The fourth-order valence-electron chi connectivity index (χ4n) is 6.44. The van der Waals surface area contributed by atoms with E-state index in [2.05, 4.69) is 35.3 Å². The zero-order valence-corrected chi connectivity index (χ0v) is 20.0. The van der Waals surface area contributed by atoms with E-state index in [0.29, 0.717) is 25.3 Å². The number of ether oxygens (including phenoxy) is 3. The normalized spacial score (nSPS) is 30.0. The monoisotopic (exact) mass is 461 g/mol. The lowest BCUT2D eigenvalue weighted by atomic mass is 9.79. The molecule has 3 heterocycles. The van der Waals surface area contributed by atoms with Gasteiger partial charge in [-0.2, -0.15) is 0 Å². The molecule has 5 heteroatoms. The van der Waals surface area contributed by atoms with Crippen LogP contribution in [0.5, 0.6) is 17.2 Å². The Bertz CT molecular complexity index is 1070. The predicted molar refractivity (Wildman–Crippen MR) is 133 cm³/mol. The number of rotatable bonds is 5. The molecule has 1 aliphatic carbocycles. The Labute approximate surface area is 202 Å². The van der Waals surface area contributed by atoms with E-state index in [9.17, 15) is 5.11 Å². The first-order valence-corrected chi connectivity index (χ1v) is 13.0. The van der Waals surface area contributed by atoms with Crippen LogP contribution in [0.4, 0.5) is 0 Å². The highest BCUT2D eigenvalue weighted by atomic mass is 16.6. The number of nitrogens with zero attached hydrogens (tertiary/aromatic N) is 1. The number of benzene rings is 2. The van der Waals surface area contributed by atoms with E-state index in [1.165, 1.54) is 17.5 Å². The number of aliphatic hydroxyl groups is 1. The maximum atomic E-state index is 11.8. The van der Waals surface area contributed by atoms with Crippen molar-refractivity contribution in [2.45, 2.75) is 75.7 Å².